The van der Waals surface area contributed by atoms with Crippen molar-refractivity contribution in [3.05, 3.63) is 29.6 Å². The Bertz CT molecular complexity index is 424. The molecule has 1 aromatic rings. The van der Waals surface area contributed by atoms with E-state index in [1.807, 2.05) is 6.07 Å². The van der Waals surface area contributed by atoms with Gasteiger partial charge in [-0.05, 0) is 50.6 Å². The van der Waals surface area contributed by atoms with Gasteiger partial charge in [-0.1, -0.05) is 6.07 Å². The number of methoxy groups -OCH3 is 1. The zero-order chi connectivity index (χ0) is 13.2. The summed E-state index contributed by atoms with van der Waals surface area (Å²) in [4.78, 5) is 2.24. The monoisotopic (exact) mass is 252 g/mol. The number of likely N-dealkylation sites (N-methyl/N-ethyl adjacent to an activating group) is 1. The second-order valence-corrected chi connectivity index (χ2v) is 5.35. The van der Waals surface area contributed by atoms with Crippen LogP contribution in [0.2, 0.25) is 0 Å². The van der Waals surface area contributed by atoms with Crippen molar-refractivity contribution in [3.63, 3.8) is 0 Å². The van der Waals surface area contributed by atoms with Gasteiger partial charge in [-0.2, -0.15) is 0 Å². The van der Waals surface area contributed by atoms with Crippen molar-refractivity contribution in [1.82, 2.24) is 4.90 Å². The number of hydrogen-bond donors (Lipinski definition) is 1. The van der Waals surface area contributed by atoms with Gasteiger partial charge in [-0.15, -0.1) is 0 Å². The first kappa shape index (κ1) is 13.3. The average Bonchev–Trinajstić information content (AvgIpc) is 2.28. The maximum Gasteiger partial charge on any atom is 0.165 e. The number of hydrogen-bond acceptors (Lipinski definition) is 3. The van der Waals surface area contributed by atoms with Crippen LogP contribution in [0.1, 0.15) is 18.4 Å². The normalized spacial score (nSPS) is 25.1. The molecule has 1 saturated heterocycles. The average molecular weight is 252 g/mol. The molecule has 1 heterocycles. The first-order valence-electron chi connectivity index (χ1n) is 6.32. The molecule has 1 aromatic carbocycles. The molecule has 1 atom stereocenters. The molecule has 0 saturated carbocycles. The Morgan fingerprint density at radius 2 is 2.28 bits per heavy atom. The summed E-state index contributed by atoms with van der Waals surface area (Å²) in [5, 5.41) is 0. The van der Waals surface area contributed by atoms with Gasteiger partial charge < -0.3 is 15.4 Å². The molecule has 1 unspecified atom stereocenters. The van der Waals surface area contributed by atoms with Gasteiger partial charge in [-0.3, -0.25) is 0 Å². The number of piperidine rings is 1. The second-order valence-electron chi connectivity index (χ2n) is 5.35. The molecule has 1 fully saturated rings. The first-order chi connectivity index (χ1) is 8.52. The minimum Gasteiger partial charge on any atom is -0.494 e. The molecular formula is C14H21FN2O. The van der Waals surface area contributed by atoms with E-state index in [4.69, 9.17) is 10.5 Å². The largest absolute Gasteiger partial charge is 0.494 e. The Morgan fingerprint density at radius 1 is 1.50 bits per heavy atom. The van der Waals surface area contributed by atoms with Crippen LogP contribution in [0.4, 0.5) is 4.39 Å². The first-order valence-corrected chi connectivity index (χ1v) is 6.32. The van der Waals surface area contributed by atoms with E-state index in [1.165, 1.54) is 13.2 Å². The number of nitrogens with zero attached hydrogens (tertiary/aromatic N) is 1. The highest BCUT2D eigenvalue weighted by Gasteiger charge is 2.30. The molecule has 0 spiro atoms. The number of rotatable bonds is 3. The molecule has 2 rings (SSSR count). The predicted octanol–water partition coefficient (Wildman–Crippen LogP) is 1.80. The van der Waals surface area contributed by atoms with E-state index in [2.05, 4.69) is 11.9 Å². The highest BCUT2D eigenvalue weighted by Crippen LogP contribution is 2.25. The summed E-state index contributed by atoms with van der Waals surface area (Å²) in [7, 11) is 3.55. The van der Waals surface area contributed by atoms with Crippen molar-refractivity contribution in [3.8, 4) is 5.75 Å². The van der Waals surface area contributed by atoms with Crippen LogP contribution in [0.25, 0.3) is 0 Å². The molecule has 4 heteroatoms. The lowest BCUT2D eigenvalue weighted by Crippen LogP contribution is -2.54. The summed E-state index contributed by atoms with van der Waals surface area (Å²) < 4.78 is 18.5. The molecule has 18 heavy (non-hydrogen) atoms. The third kappa shape index (κ3) is 3.00. The molecule has 0 bridgehead atoms. The lowest BCUT2D eigenvalue weighted by molar-refractivity contribution is 0.178. The lowest BCUT2D eigenvalue weighted by atomic mass is 9.84. The molecule has 0 aliphatic carbocycles. The van der Waals surface area contributed by atoms with Crippen LogP contribution in [0.15, 0.2) is 18.2 Å². The van der Waals surface area contributed by atoms with Crippen molar-refractivity contribution in [2.24, 2.45) is 5.73 Å². The van der Waals surface area contributed by atoms with E-state index in [0.717, 1.165) is 31.5 Å². The summed E-state index contributed by atoms with van der Waals surface area (Å²) in [5.74, 6) is -0.0339. The number of likely N-dealkylation sites (tertiary alicyclic amines) is 1. The van der Waals surface area contributed by atoms with Crippen molar-refractivity contribution in [2.75, 3.05) is 27.2 Å². The third-order valence-electron chi connectivity index (χ3n) is 3.57. The summed E-state index contributed by atoms with van der Waals surface area (Å²) in [6.07, 6.45) is 2.80. The van der Waals surface area contributed by atoms with Crippen LogP contribution in [0.5, 0.6) is 5.75 Å². The maximum atomic E-state index is 13.6. The Kier molecular flexibility index (Phi) is 3.88. The third-order valence-corrected chi connectivity index (χ3v) is 3.57. The fourth-order valence-corrected chi connectivity index (χ4v) is 2.77. The van der Waals surface area contributed by atoms with Crippen molar-refractivity contribution in [2.45, 2.75) is 24.8 Å². The van der Waals surface area contributed by atoms with Crippen molar-refractivity contribution in [1.29, 1.82) is 0 Å². The summed E-state index contributed by atoms with van der Waals surface area (Å²) >= 11 is 0. The molecule has 2 N–H and O–H groups in total. The molecule has 1 aliphatic heterocycles. The Labute approximate surface area is 108 Å². The fraction of sp³-hybridized carbons (Fsp3) is 0.571. The summed E-state index contributed by atoms with van der Waals surface area (Å²) in [6, 6.07) is 5.09. The smallest absolute Gasteiger partial charge is 0.165 e. The van der Waals surface area contributed by atoms with Gasteiger partial charge in [-0.25, -0.2) is 4.39 Å². The standard InChI is InChI=1S/C14H21FN2O/c1-17-7-3-6-14(16,10-17)9-11-4-5-13(18-2)12(15)8-11/h4-5,8H,3,6-7,9-10,16H2,1-2H3. The number of benzene rings is 1. The molecule has 0 radical (unpaired) electrons. The fourth-order valence-electron chi connectivity index (χ4n) is 2.77. The predicted molar refractivity (Wildman–Crippen MR) is 70.3 cm³/mol. The Morgan fingerprint density at radius 3 is 2.89 bits per heavy atom. The van der Waals surface area contributed by atoms with Crippen LogP contribution in [-0.2, 0) is 6.42 Å². The lowest BCUT2D eigenvalue weighted by Gasteiger charge is -2.38. The highest BCUT2D eigenvalue weighted by atomic mass is 19.1. The number of halogens is 1. The zero-order valence-electron chi connectivity index (χ0n) is 11.1. The molecule has 3 nitrogen and oxygen atoms in total. The quantitative estimate of drug-likeness (QED) is 0.891. The number of ether oxygens (including phenoxy) is 1. The van der Waals surface area contributed by atoms with Gasteiger partial charge in [0.2, 0.25) is 0 Å². The maximum absolute atomic E-state index is 13.6. The zero-order valence-corrected chi connectivity index (χ0v) is 11.1. The SMILES string of the molecule is COc1ccc(CC2(N)CCCN(C)C2)cc1F. The van der Waals surface area contributed by atoms with Gasteiger partial charge in [0.25, 0.3) is 0 Å². The van der Waals surface area contributed by atoms with E-state index in [1.54, 1.807) is 6.07 Å². The Hall–Kier alpha value is -1.13. The van der Waals surface area contributed by atoms with Gasteiger partial charge in [0.15, 0.2) is 11.6 Å². The molecule has 0 aromatic heterocycles. The molecule has 100 valence electrons. The topological polar surface area (TPSA) is 38.5 Å². The van der Waals surface area contributed by atoms with Crippen LogP contribution >= 0.6 is 0 Å². The van der Waals surface area contributed by atoms with Crippen LogP contribution in [0, 0.1) is 5.82 Å². The second kappa shape index (κ2) is 5.24. The Balaban J connectivity index is 2.11. The van der Waals surface area contributed by atoms with Crippen LogP contribution in [-0.4, -0.2) is 37.7 Å². The van der Waals surface area contributed by atoms with Gasteiger partial charge in [0, 0.05) is 12.1 Å². The molecule has 0 amide bonds. The van der Waals surface area contributed by atoms with Crippen LogP contribution in [0.3, 0.4) is 0 Å². The van der Waals surface area contributed by atoms with E-state index >= 15 is 0 Å². The minimum absolute atomic E-state index is 0.242. The van der Waals surface area contributed by atoms with Gasteiger partial charge in [0.05, 0.1) is 7.11 Å². The number of nitrogens with two attached hydrogens (primary N) is 1. The van der Waals surface area contributed by atoms with Gasteiger partial charge >= 0.3 is 0 Å². The minimum atomic E-state index is -0.317. The summed E-state index contributed by atoms with van der Waals surface area (Å²) in [5.41, 5.74) is 7.10. The van der Waals surface area contributed by atoms with Crippen molar-refractivity contribution >= 4 is 0 Å². The van der Waals surface area contributed by atoms with Gasteiger partial charge in [0.1, 0.15) is 0 Å². The van der Waals surface area contributed by atoms with E-state index in [9.17, 15) is 4.39 Å². The molecular weight excluding hydrogens is 231 g/mol. The highest BCUT2D eigenvalue weighted by molar-refractivity contribution is 5.30. The van der Waals surface area contributed by atoms with E-state index < -0.39 is 0 Å². The van der Waals surface area contributed by atoms with E-state index in [0.29, 0.717) is 6.42 Å². The summed E-state index contributed by atoms with van der Waals surface area (Å²) in [6.45, 7) is 1.95. The van der Waals surface area contributed by atoms with Crippen LogP contribution < -0.4 is 10.5 Å². The molecule has 1 aliphatic rings. The van der Waals surface area contributed by atoms with Crippen molar-refractivity contribution < 1.29 is 9.13 Å². The van der Waals surface area contributed by atoms with E-state index in [-0.39, 0.29) is 17.1 Å².